The first-order valence-corrected chi connectivity index (χ1v) is 12.1. The Morgan fingerprint density at radius 1 is 0.857 bits per heavy atom. The molecule has 0 N–H and O–H groups in total. The summed E-state index contributed by atoms with van der Waals surface area (Å²) in [4.78, 5) is 18.1. The van der Waals surface area contributed by atoms with E-state index in [1.807, 2.05) is 30.3 Å². The summed E-state index contributed by atoms with van der Waals surface area (Å²) in [6, 6.07) is 16.2. The number of piperazine rings is 1. The fourth-order valence-corrected chi connectivity index (χ4v) is 5.31. The van der Waals surface area contributed by atoms with Crippen LogP contribution in [0.25, 0.3) is 10.8 Å². The maximum atomic E-state index is 13.4. The number of benzene rings is 3. The van der Waals surface area contributed by atoms with Crippen molar-refractivity contribution >= 4 is 16.6 Å². The molecule has 0 aromatic heterocycles. The van der Waals surface area contributed by atoms with Crippen LogP contribution in [0.2, 0.25) is 0 Å². The number of hydrogen-bond acceptors (Lipinski definition) is 7. The zero-order valence-electron chi connectivity index (χ0n) is 20.6. The third kappa shape index (κ3) is 4.42. The second-order valence-corrected chi connectivity index (χ2v) is 8.97. The Morgan fingerprint density at radius 2 is 1.60 bits per heavy atom. The van der Waals surface area contributed by atoms with E-state index >= 15 is 0 Å². The molecule has 7 nitrogen and oxygen atoms in total. The standard InChI is InChI=1S/C28H32N2O5/c1-32-24-18-20-17-22(26(31)25(20)28(34-3)27(24)33-2)30-13-11-29(12-14-30)15-16-35-23-10-6-8-19-7-4-5-9-21(19)23/h4-10,18,22H,11-17H2,1-3H3. The van der Waals surface area contributed by atoms with Gasteiger partial charge in [0.2, 0.25) is 5.75 Å². The van der Waals surface area contributed by atoms with E-state index < -0.39 is 0 Å². The number of nitrogens with zero attached hydrogens (tertiary/aromatic N) is 2. The highest BCUT2D eigenvalue weighted by Crippen LogP contribution is 2.45. The highest BCUT2D eigenvalue weighted by atomic mass is 16.5. The minimum absolute atomic E-state index is 0.102. The molecule has 3 aromatic rings. The molecule has 1 saturated heterocycles. The zero-order chi connectivity index (χ0) is 24.4. The second-order valence-electron chi connectivity index (χ2n) is 8.97. The monoisotopic (exact) mass is 476 g/mol. The fraction of sp³-hybridized carbons (Fsp3) is 0.393. The van der Waals surface area contributed by atoms with Crippen molar-refractivity contribution < 1.29 is 23.7 Å². The van der Waals surface area contributed by atoms with Crippen molar-refractivity contribution in [2.45, 2.75) is 12.5 Å². The number of ether oxygens (including phenoxy) is 4. The Bertz CT molecular complexity index is 1210. The van der Waals surface area contributed by atoms with Crippen molar-refractivity contribution in [3.05, 3.63) is 59.7 Å². The Balaban J connectivity index is 1.18. The maximum Gasteiger partial charge on any atom is 0.204 e. The maximum absolute atomic E-state index is 13.4. The normalized spacial score (nSPS) is 18.5. The molecule has 184 valence electrons. The molecule has 0 saturated carbocycles. The van der Waals surface area contributed by atoms with Gasteiger partial charge in [0.15, 0.2) is 17.3 Å². The summed E-state index contributed by atoms with van der Waals surface area (Å²) in [5.41, 5.74) is 1.58. The van der Waals surface area contributed by atoms with Crippen LogP contribution >= 0.6 is 0 Å². The predicted octanol–water partition coefficient (Wildman–Crippen LogP) is 3.67. The number of carbonyl (C=O) groups excluding carboxylic acids is 1. The number of rotatable bonds is 8. The number of fused-ring (bicyclic) bond motifs is 2. The van der Waals surface area contributed by atoms with Crippen LogP contribution < -0.4 is 18.9 Å². The summed E-state index contributed by atoms with van der Waals surface area (Å²) in [5, 5.41) is 2.33. The van der Waals surface area contributed by atoms with Gasteiger partial charge in [0.1, 0.15) is 12.4 Å². The molecule has 0 amide bonds. The zero-order valence-corrected chi connectivity index (χ0v) is 20.6. The summed E-state index contributed by atoms with van der Waals surface area (Å²) < 4.78 is 22.7. The SMILES string of the molecule is COc1cc2c(c(OC)c1OC)C(=O)C(N1CCN(CCOc3cccc4ccccc34)CC1)C2. The Labute approximate surface area is 206 Å². The number of Topliss-reactive ketones (excluding diaryl/α,β-unsaturated/α-hetero) is 1. The average molecular weight is 477 g/mol. The van der Waals surface area contributed by atoms with E-state index in [2.05, 4.69) is 28.0 Å². The van der Waals surface area contributed by atoms with Gasteiger partial charge in [-0.3, -0.25) is 14.6 Å². The molecule has 1 aliphatic heterocycles. The lowest BCUT2D eigenvalue weighted by Crippen LogP contribution is -2.52. The fourth-order valence-electron chi connectivity index (χ4n) is 5.31. The summed E-state index contributed by atoms with van der Waals surface area (Å²) >= 11 is 0. The van der Waals surface area contributed by atoms with Crippen LogP contribution in [0, 0.1) is 0 Å². The van der Waals surface area contributed by atoms with E-state index in [0.717, 1.165) is 49.4 Å². The summed E-state index contributed by atoms with van der Waals surface area (Å²) in [5.74, 6) is 2.56. The van der Waals surface area contributed by atoms with Crippen molar-refractivity contribution in [3.8, 4) is 23.0 Å². The molecule has 1 aliphatic carbocycles. The van der Waals surface area contributed by atoms with Crippen LogP contribution in [0.3, 0.4) is 0 Å². The third-order valence-electron chi connectivity index (χ3n) is 7.14. The first-order chi connectivity index (χ1) is 17.1. The molecule has 1 atom stereocenters. The van der Waals surface area contributed by atoms with Gasteiger partial charge in [-0.1, -0.05) is 36.4 Å². The number of hydrogen-bond donors (Lipinski definition) is 0. The lowest BCUT2D eigenvalue weighted by Gasteiger charge is -2.37. The van der Waals surface area contributed by atoms with Crippen LogP contribution in [-0.2, 0) is 6.42 Å². The van der Waals surface area contributed by atoms with E-state index in [9.17, 15) is 4.79 Å². The van der Waals surface area contributed by atoms with Gasteiger partial charge in [-0.05, 0) is 29.5 Å². The molecule has 3 aromatic carbocycles. The molecule has 0 radical (unpaired) electrons. The van der Waals surface area contributed by atoms with Gasteiger partial charge in [-0.2, -0.15) is 0 Å². The number of methoxy groups -OCH3 is 3. The van der Waals surface area contributed by atoms with Crippen LogP contribution in [-0.4, -0.2) is 82.3 Å². The predicted molar refractivity (Wildman–Crippen MR) is 135 cm³/mol. The first-order valence-electron chi connectivity index (χ1n) is 12.1. The smallest absolute Gasteiger partial charge is 0.204 e. The minimum Gasteiger partial charge on any atom is -0.493 e. The van der Waals surface area contributed by atoms with Crippen molar-refractivity contribution in [1.29, 1.82) is 0 Å². The molecule has 0 bridgehead atoms. The van der Waals surface area contributed by atoms with Crippen molar-refractivity contribution in [1.82, 2.24) is 9.80 Å². The molecule has 0 spiro atoms. The van der Waals surface area contributed by atoms with E-state index in [-0.39, 0.29) is 11.8 Å². The van der Waals surface area contributed by atoms with E-state index in [4.69, 9.17) is 18.9 Å². The molecular weight excluding hydrogens is 444 g/mol. The average Bonchev–Trinajstić information content (AvgIpc) is 3.23. The third-order valence-corrected chi connectivity index (χ3v) is 7.14. The Kier molecular flexibility index (Phi) is 6.79. The number of carbonyl (C=O) groups is 1. The summed E-state index contributed by atoms with van der Waals surface area (Å²) in [7, 11) is 4.73. The van der Waals surface area contributed by atoms with Gasteiger partial charge < -0.3 is 18.9 Å². The number of ketones is 1. The van der Waals surface area contributed by atoms with Crippen molar-refractivity contribution in [2.24, 2.45) is 0 Å². The quantitative estimate of drug-likeness (QED) is 0.492. The highest BCUT2D eigenvalue weighted by molar-refractivity contribution is 6.08. The van der Waals surface area contributed by atoms with Crippen LogP contribution in [0.5, 0.6) is 23.0 Å². The van der Waals surface area contributed by atoms with Gasteiger partial charge in [-0.15, -0.1) is 0 Å². The van der Waals surface area contributed by atoms with Gasteiger partial charge >= 0.3 is 0 Å². The summed E-state index contributed by atoms with van der Waals surface area (Å²) in [6.07, 6.45) is 0.662. The molecule has 7 heteroatoms. The molecule has 2 aliphatic rings. The molecule has 1 unspecified atom stereocenters. The van der Waals surface area contributed by atoms with Gasteiger partial charge in [0.25, 0.3) is 0 Å². The lowest BCUT2D eigenvalue weighted by atomic mass is 10.1. The molecule has 1 heterocycles. The topological polar surface area (TPSA) is 60.5 Å². The molecule has 5 rings (SSSR count). The summed E-state index contributed by atoms with van der Waals surface area (Å²) in [6.45, 7) is 4.99. The van der Waals surface area contributed by atoms with Crippen LogP contribution in [0.1, 0.15) is 15.9 Å². The Morgan fingerprint density at radius 3 is 2.34 bits per heavy atom. The second kappa shape index (κ2) is 10.1. The van der Waals surface area contributed by atoms with Crippen molar-refractivity contribution in [3.63, 3.8) is 0 Å². The van der Waals surface area contributed by atoms with E-state index in [1.54, 1.807) is 21.3 Å². The van der Waals surface area contributed by atoms with Gasteiger partial charge in [-0.25, -0.2) is 0 Å². The minimum atomic E-state index is -0.176. The van der Waals surface area contributed by atoms with Crippen LogP contribution in [0.4, 0.5) is 0 Å². The van der Waals surface area contributed by atoms with Gasteiger partial charge in [0, 0.05) is 38.1 Å². The molecular formula is C28H32N2O5. The Hall–Kier alpha value is -3.29. The molecule has 1 fully saturated rings. The van der Waals surface area contributed by atoms with E-state index in [0.29, 0.717) is 35.8 Å². The van der Waals surface area contributed by atoms with Crippen molar-refractivity contribution in [2.75, 3.05) is 60.7 Å². The van der Waals surface area contributed by atoms with Crippen LogP contribution in [0.15, 0.2) is 48.5 Å². The largest absolute Gasteiger partial charge is 0.493 e. The van der Waals surface area contributed by atoms with Gasteiger partial charge in [0.05, 0.1) is 32.9 Å². The van der Waals surface area contributed by atoms with E-state index in [1.165, 1.54) is 5.39 Å². The molecule has 35 heavy (non-hydrogen) atoms. The lowest BCUT2D eigenvalue weighted by molar-refractivity contribution is 0.0666. The first kappa shape index (κ1) is 23.5. The highest BCUT2D eigenvalue weighted by Gasteiger charge is 2.40.